The Labute approximate surface area is 169 Å². The fourth-order valence-corrected chi connectivity index (χ4v) is 4.32. The van der Waals surface area contributed by atoms with Gasteiger partial charge in [0.1, 0.15) is 16.2 Å². The number of nitrogens with zero attached hydrogens (tertiary/aromatic N) is 2. The first kappa shape index (κ1) is 20.3. The van der Waals surface area contributed by atoms with E-state index in [0.29, 0.717) is 22.5 Å². The summed E-state index contributed by atoms with van der Waals surface area (Å²) in [4.78, 5) is 31.6. The van der Waals surface area contributed by atoms with Crippen LogP contribution in [0, 0.1) is 13.8 Å². The zero-order valence-electron chi connectivity index (χ0n) is 17.3. The highest BCUT2D eigenvalue weighted by Gasteiger charge is 2.35. The molecule has 0 saturated carbocycles. The van der Waals surface area contributed by atoms with Crippen molar-refractivity contribution in [2.24, 2.45) is 0 Å². The van der Waals surface area contributed by atoms with E-state index in [1.807, 2.05) is 18.4 Å². The van der Waals surface area contributed by atoms with E-state index in [0.717, 1.165) is 11.1 Å². The molecular weight excluding hydrogens is 372 g/mol. The number of hydrogen-bond donors (Lipinski definition) is 0. The number of thiophene rings is 1. The molecule has 0 saturated heterocycles. The molecule has 0 bridgehead atoms. The number of esters is 1. The smallest absolute Gasteiger partial charge is 0.331 e. The highest BCUT2D eigenvalue weighted by molar-refractivity contribution is 7.17. The predicted octanol–water partition coefficient (Wildman–Crippen LogP) is 4.60. The Morgan fingerprint density at radius 2 is 1.93 bits per heavy atom. The molecule has 2 aromatic heterocycles. The van der Waals surface area contributed by atoms with E-state index in [-0.39, 0.29) is 12.2 Å². The normalized spacial score (nSPS) is 11.8. The summed E-state index contributed by atoms with van der Waals surface area (Å²) >= 11 is 1.46. The van der Waals surface area contributed by atoms with Gasteiger partial charge in [-0.15, -0.1) is 11.3 Å². The predicted molar refractivity (Wildman–Crippen MR) is 114 cm³/mol. The van der Waals surface area contributed by atoms with Crippen LogP contribution in [0.4, 0.5) is 0 Å². The van der Waals surface area contributed by atoms with Gasteiger partial charge >= 0.3 is 5.97 Å². The Hall–Kier alpha value is -2.47. The average molecular weight is 399 g/mol. The largest absolute Gasteiger partial charge is 0.464 e. The standard InChI is InChI=1S/C22H26N2O3S/c1-7-17-23-19-18(20(25)24(17)22(5,6)21(26)27-8-2)16(12-28-19)15-10-9-13(3)14(4)11-15/h9-12H,7-8H2,1-6H3. The molecule has 0 fully saturated rings. The van der Waals surface area contributed by atoms with Crippen LogP contribution in [0.3, 0.4) is 0 Å². The first-order valence-electron chi connectivity index (χ1n) is 9.50. The number of fused-ring (bicyclic) bond motifs is 1. The van der Waals surface area contributed by atoms with Crippen LogP contribution < -0.4 is 5.56 Å². The molecule has 0 radical (unpaired) electrons. The monoisotopic (exact) mass is 398 g/mol. The van der Waals surface area contributed by atoms with Crippen LogP contribution in [0.1, 0.15) is 44.6 Å². The van der Waals surface area contributed by atoms with Gasteiger partial charge in [0.15, 0.2) is 0 Å². The van der Waals surface area contributed by atoms with Crippen LogP contribution in [0.2, 0.25) is 0 Å². The van der Waals surface area contributed by atoms with Crippen molar-refractivity contribution in [1.29, 1.82) is 0 Å². The molecule has 0 aliphatic rings. The van der Waals surface area contributed by atoms with Gasteiger partial charge in [0.2, 0.25) is 0 Å². The first-order chi connectivity index (χ1) is 13.2. The second kappa shape index (κ2) is 7.51. The van der Waals surface area contributed by atoms with Crippen molar-refractivity contribution in [1.82, 2.24) is 9.55 Å². The molecular formula is C22H26N2O3S. The molecule has 3 aromatic rings. The van der Waals surface area contributed by atoms with Gasteiger partial charge in [-0.3, -0.25) is 9.36 Å². The summed E-state index contributed by atoms with van der Waals surface area (Å²) in [6.07, 6.45) is 0.547. The summed E-state index contributed by atoms with van der Waals surface area (Å²) in [7, 11) is 0. The minimum atomic E-state index is -1.14. The van der Waals surface area contributed by atoms with E-state index >= 15 is 0 Å². The van der Waals surface area contributed by atoms with E-state index in [1.165, 1.54) is 27.0 Å². The lowest BCUT2D eigenvalue weighted by molar-refractivity contribution is -0.152. The molecule has 3 rings (SSSR count). The molecule has 0 amide bonds. The minimum absolute atomic E-state index is 0.200. The molecule has 6 heteroatoms. The van der Waals surface area contributed by atoms with Crippen molar-refractivity contribution in [2.75, 3.05) is 6.61 Å². The topological polar surface area (TPSA) is 61.2 Å². The van der Waals surface area contributed by atoms with E-state index in [2.05, 4.69) is 26.0 Å². The third-order valence-corrected chi connectivity index (χ3v) is 6.02. The summed E-state index contributed by atoms with van der Waals surface area (Å²) < 4.78 is 6.73. The molecule has 1 aromatic carbocycles. The van der Waals surface area contributed by atoms with Gasteiger partial charge < -0.3 is 4.74 Å². The molecule has 0 aliphatic heterocycles. The number of carbonyl (C=O) groups is 1. The van der Waals surface area contributed by atoms with Gasteiger partial charge in [-0.2, -0.15) is 0 Å². The third-order valence-electron chi connectivity index (χ3n) is 5.15. The van der Waals surface area contributed by atoms with Crippen molar-refractivity contribution >= 4 is 27.5 Å². The van der Waals surface area contributed by atoms with Crippen molar-refractivity contribution in [3.05, 3.63) is 50.9 Å². The summed E-state index contributed by atoms with van der Waals surface area (Å²) in [5, 5.41) is 2.53. The summed E-state index contributed by atoms with van der Waals surface area (Å²) in [5.74, 6) is 0.153. The second-order valence-corrected chi connectivity index (χ2v) is 8.29. The molecule has 148 valence electrons. The Balaban J connectivity index is 2.31. The second-order valence-electron chi connectivity index (χ2n) is 7.43. The average Bonchev–Trinajstić information content (AvgIpc) is 3.08. The highest BCUT2D eigenvalue weighted by Crippen LogP contribution is 2.33. The van der Waals surface area contributed by atoms with Crippen LogP contribution in [-0.4, -0.2) is 22.1 Å². The zero-order chi connectivity index (χ0) is 20.6. The minimum Gasteiger partial charge on any atom is -0.464 e. The van der Waals surface area contributed by atoms with E-state index < -0.39 is 11.5 Å². The van der Waals surface area contributed by atoms with Gasteiger partial charge in [0, 0.05) is 17.4 Å². The molecule has 0 aliphatic carbocycles. The van der Waals surface area contributed by atoms with Crippen molar-refractivity contribution < 1.29 is 9.53 Å². The Bertz CT molecular complexity index is 1110. The maximum Gasteiger partial charge on any atom is 0.331 e. The van der Waals surface area contributed by atoms with Gasteiger partial charge in [-0.1, -0.05) is 25.1 Å². The molecule has 28 heavy (non-hydrogen) atoms. The first-order valence-corrected chi connectivity index (χ1v) is 10.4. The quantitative estimate of drug-likeness (QED) is 0.589. The van der Waals surface area contributed by atoms with E-state index in [9.17, 15) is 9.59 Å². The van der Waals surface area contributed by atoms with Gasteiger partial charge in [0.05, 0.1) is 12.0 Å². The van der Waals surface area contributed by atoms with Crippen LogP contribution >= 0.6 is 11.3 Å². The van der Waals surface area contributed by atoms with E-state index in [4.69, 9.17) is 9.72 Å². The van der Waals surface area contributed by atoms with Gasteiger partial charge in [0.25, 0.3) is 5.56 Å². The SMILES string of the molecule is CCOC(=O)C(C)(C)n1c(CC)nc2scc(-c3ccc(C)c(C)c3)c2c1=O. The summed E-state index contributed by atoms with van der Waals surface area (Å²) in [5.41, 5.74) is 2.88. The molecule has 0 unspecified atom stereocenters. The highest BCUT2D eigenvalue weighted by atomic mass is 32.1. The lowest BCUT2D eigenvalue weighted by Gasteiger charge is -2.27. The summed E-state index contributed by atoms with van der Waals surface area (Å²) in [6, 6.07) is 6.17. The number of hydrogen-bond acceptors (Lipinski definition) is 5. The van der Waals surface area contributed by atoms with E-state index in [1.54, 1.807) is 20.8 Å². The molecule has 0 atom stereocenters. The van der Waals surface area contributed by atoms with Crippen LogP contribution in [0.25, 0.3) is 21.3 Å². The molecule has 0 spiro atoms. The number of ether oxygens (including phenoxy) is 1. The fourth-order valence-electron chi connectivity index (χ4n) is 3.37. The lowest BCUT2D eigenvalue weighted by atomic mass is 10.00. The molecule has 0 N–H and O–H groups in total. The Kier molecular flexibility index (Phi) is 5.44. The van der Waals surface area contributed by atoms with Crippen molar-refractivity contribution in [3.63, 3.8) is 0 Å². The molecule has 2 heterocycles. The van der Waals surface area contributed by atoms with Crippen molar-refractivity contribution in [3.8, 4) is 11.1 Å². The number of aromatic nitrogens is 2. The van der Waals surface area contributed by atoms with Gasteiger partial charge in [-0.25, -0.2) is 9.78 Å². The Morgan fingerprint density at radius 1 is 1.21 bits per heavy atom. The Morgan fingerprint density at radius 3 is 2.54 bits per heavy atom. The number of benzene rings is 1. The molecule has 5 nitrogen and oxygen atoms in total. The van der Waals surface area contributed by atoms with Gasteiger partial charge in [-0.05, 0) is 51.3 Å². The number of carbonyl (C=O) groups excluding carboxylic acids is 1. The van der Waals surface area contributed by atoms with Crippen LogP contribution in [-0.2, 0) is 21.5 Å². The summed E-state index contributed by atoms with van der Waals surface area (Å²) in [6.45, 7) is 11.5. The third kappa shape index (κ3) is 3.26. The maximum atomic E-state index is 13.6. The number of aryl methyl sites for hydroxylation is 3. The maximum absolute atomic E-state index is 13.6. The zero-order valence-corrected chi connectivity index (χ0v) is 18.1. The fraction of sp³-hybridized carbons (Fsp3) is 0.409. The van der Waals surface area contributed by atoms with Crippen molar-refractivity contribution in [2.45, 2.75) is 53.5 Å². The van der Waals surface area contributed by atoms with Crippen LogP contribution in [0.15, 0.2) is 28.4 Å². The van der Waals surface area contributed by atoms with Crippen LogP contribution in [0.5, 0.6) is 0 Å². The number of rotatable bonds is 5. The lowest BCUT2D eigenvalue weighted by Crippen LogP contribution is -2.45.